The summed E-state index contributed by atoms with van der Waals surface area (Å²) in [6, 6.07) is 5.02. The fourth-order valence-corrected chi connectivity index (χ4v) is 1.92. The van der Waals surface area contributed by atoms with Gasteiger partial charge in [-0.05, 0) is 25.1 Å². The molecule has 1 aliphatic heterocycles. The van der Waals surface area contributed by atoms with Crippen LogP contribution >= 0.6 is 0 Å². The van der Waals surface area contributed by atoms with Crippen LogP contribution in [0.5, 0.6) is 5.75 Å². The monoisotopic (exact) mass is 291 g/mol. The molecule has 0 atom stereocenters. The first-order chi connectivity index (χ1) is 10.1. The van der Waals surface area contributed by atoms with Crippen LogP contribution in [0.3, 0.4) is 0 Å². The Balaban J connectivity index is 2.09. The number of aliphatic hydroxyl groups is 1. The Morgan fingerprint density at radius 1 is 1.48 bits per heavy atom. The van der Waals surface area contributed by atoms with E-state index in [0.29, 0.717) is 30.0 Å². The highest BCUT2D eigenvalue weighted by Gasteiger charge is 2.18. The predicted molar refractivity (Wildman–Crippen MR) is 77.0 cm³/mol. The molecule has 1 aromatic carbocycles. The summed E-state index contributed by atoms with van der Waals surface area (Å²) in [5.41, 5.74) is 3.67. The Labute approximate surface area is 122 Å². The quantitative estimate of drug-likeness (QED) is 0.746. The summed E-state index contributed by atoms with van der Waals surface area (Å²) in [5, 5.41) is 15.7. The molecule has 0 aliphatic carbocycles. The molecule has 0 radical (unpaired) electrons. The Hall–Kier alpha value is -2.41. The van der Waals surface area contributed by atoms with E-state index < -0.39 is 0 Å². The van der Waals surface area contributed by atoms with Gasteiger partial charge in [0, 0.05) is 24.1 Å². The number of nitrogens with zero attached hydrogens (tertiary/aromatic N) is 1. The third kappa shape index (κ3) is 3.79. The van der Waals surface area contributed by atoms with Gasteiger partial charge in [-0.15, -0.1) is 0 Å². The molecule has 1 heterocycles. The molecule has 7 heteroatoms. The summed E-state index contributed by atoms with van der Waals surface area (Å²) < 4.78 is 5.37. The molecule has 21 heavy (non-hydrogen) atoms. The average molecular weight is 291 g/mol. The molecule has 7 nitrogen and oxygen atoms in total. The van der Waals surface area contributed by atoms with Gasteiger partial charge in [-0.1, -0.05) is 0 Å². The van der Waals surface area contributed by atoms with Gasteiger partial charge in [-0.25, -0.2) is 5.43 Å². The van der Waals surface area contributed by atoms with Crippen LogP contribution in [-0.2, 0) is 16.2 Å². The molecule has 112 valence electrons. The molecule has 1 aromatic rings. The van der Waals surface area contributed by atoms with Crippen LogP contribution in [0.2, 0.25) is 0 Å². The Bertz CT molecular complexity index is 584. The van der Waals surface area contributed by atoms with E-state index in [1.807, 2.05) is 6.92 Å². The zero-order valence-electron chi connectivity index (χ0n) is 11.7. The number of ether oxygens (including phenoxy) is 1. The van der Waals surface area contributed by atoms with Crippen LogP contribution in [0, 0.1) is 0 Å². The van der Waals surface area contributed by atoms with Crippen molar-refractivity contribution >= 4 is 23.2 Å². The van der Waals surface area contributed by atoms with E-state index in [4.69, 9.17) is 4.74 Å². The highest BCUT2D eigenvalue weighted by molar-refractivity contribution is 6.43. The second-order valence-corrected chi connectivity index (χ2v) is 4.46. The van der Waals surface area contributed by atoms with Crippen LogP contribution in [0.25, 0.3) is 0 Å². The number of hydrogen-bond donors (Lipinski definition) is 3. The molecular weight excluding hydrogens is 274 g/mol. The number of hydrazone groups is 1. The minimum atomic E-state index is -0.372. The van der Waals surface area contributed by atoms with Crippen molar-refractivity contribution in [1.29, 1.82) is 0 Å². The fourth-order valence-electron chi connectivity index (χ4n) is 1.92. The number of carbonyl (C=O) groups excluding carboxylic acids is 2. The van der Waals surface area contributed by atoms with E-state index in [0.717, 1.165) is 0 Å². The van der Waals surface area contributed by atoms with Crippen LogP contribution in [0.1, 0.15) is 25.3 Å². The lowest BCUT2D eigenvalue weighted by atomic mass is 10.1. The number of hydrogen-bond acceptors (Lipinski definition) is 5. The van der Waals surface area contributed by atoms with E-state index in [1.165, 1.54) is 0 Å². The molecule has 2 amide bonds. The summed E-state index contributed by atoms with van der Waals surface area (Å²) in [5.74, 6) is 0.0125. The predicted octanol–water partition coefficient (Wildman–Crippen LogP) is 0.782. The molecule has 0 saturated heterocycles. The van der Waals surface area contributed by atoms with Crippen LogP contribution < -0.4 is 15.5 Å². The van der Waals surface area contributed by atoms with Crippen LogP contribution in [0.4, 0.5) is 5.69 Å². The van der Waals surface area contributed by atoms with Crippen molar-refractivity contribution in [3.8, 4) is 5.75 Å². The summed E-state index contributed by atoms with van der Waals surface area (Å²) >= 11 is 0. The first kappa shape index (κ1) is 15.0. The number of carbonyl (C=O) groups is 2. The molecule has 1 aliphatic rings. The van der Waals surface area contributed by atoms with Crippen molar-refractivity contribution in [3.63, 3.8) is 0 Å². The largest absolute Gasteiger partial charge is 0.494 e. The zero-order valence-corrected chi connectivity index (χ0v) is 11.7. The molecule has 3 N–H and O–H groups in total. The molecule has 0 aromatic heterocycles. The van der Waals surface area contributed by atoms with Crippen molar-refractivity contribution in [2.24, 2.45) is 5.10 Å². The lowest BCUT2D eigenvalue weighted by molar-refractivity contribution is -0.121. The highest BCUT2D eigenvalue weighted by Crippen LogP contribution is 2.23. The average Bonchev–Trinajstić information content (AvgIpc) is 2.49. The minimum absolute atomic E-state index is 0.184. The fraction of sp³-hybridized carbons (Fsp3) is 0.357. The smallest absolute Gasteiger partial charge is 0.271 e. The number of benzene rings is 1. The van der Waals surface area contributed by atoms with E-state index in [-0.39, 0.29) is 30.6 Å². The summed E-state index contributed by atoms with van der Waals surface area (Å²) in [4.78, 5) is 23.0. The standard InChI is InChI=1S/C14H17N3O4/c1-2-21-12-5-3-10(7-9(12)8-18)15-14(20)11-4-6-13(19)17-16-11/h3,5,7,18H,2,4,6,8H2,1H3,(H,15,20)(H,17,19). The first-order valence-electron chi connectivity index (χ1n) is 6.67. The van der Waals surface area contributed by atoms with Gasteiger partial charge >= 0.3 is 0 Å². The molecular formula is C14H17N3O4. The van der Waals surface area contributed by atoms with Gasteiger partial charge < -0.3 is 15.2 Å². The van der Waals surface area contributed by atoms with E-state index in [1.54, 1.807) is 18.2 Å². The summed E-state index contributed by atoms with van der Waals surface area (Å²) in [6.07, 6.45) is 0.555. The van der Waals surface area contributed by atoms with E-state index >= 15 is 0 Å². The third-order valence-corrected chi connectivity index (χ3v) is 2.96. The molecule has 0 unspecified atom stereocenters. The van der Waals surface area contributed by atoms with Gasteiger partial charge in [0.2, 0.25) is 5.91 Å². The van der Waals surface area contributed by atoms with E-state index in [2.05, 4.69) is 15.8 Å². The maximum absolute atomic E-state index is 12.0. The number of amides is 2. The molecule has 0 bridgehead atoms. The Morgan fingerprint density at radius 3 is 2.90 bits per heavy atom. The maximum atomic E-state index is 12.0. The van der Waals surface area contributed by atoms with Crippen molar-refractivity contribution in [3.05, 3.63) is 23.8 Å². The van der Waals surface area contributed by atoms with Gasteiger partial charge in [-0.2, -0.15) is 5.10 Å². The Kier molecular flexibility index (Phi) is 4.89. The number of nitrogens with one attached hydrogen (secondary N) is 2. The first-order valence-corrected chi connectivity index (χ1v) is 6.67. The second kappa shape index (κ2) is 6.85. The number of rotatable bonds is 5. The topological polar surface area (TPSA) is 100 Å². The minimum Gasteiger partial charge on any atom is -0.494 e. The van der Waals surface area contributed by atoms with Gasteiger partial charge in [-0.3, -0.25) is 9.59 Å². The van der Waals surface area contributed by atoms with Crippen molar-refractivity contribution in [1.82, 2.24) is 5.43 Å². The van der Waals surface area contributed by atoms with Gasteiger partial charge in [0.15, 0.2) is 0 Å². The number of anilines is 1. The zero-order chi connectivity index (χ0) is 15.2. The van der Waals surface area contributed by atoms with Gasteiger partial charge in [0.1, 0.15) is 11.5 Å². The van der Waals surface area contributed by atoms with E-state index in [9.17, 15) is 14.7 Å². The van der Waals surface area contributed by atoms with Crippen molar-refractivity contribution in [2.45, 2.75) is 26.4 Å². The Morgan fingerprint density at radius 2 is 2.29 bits per heavy atom. The molecule has 0 fully saturated rings. The van der Waals surface area contributed by atoms with Gasteiger partial charge in [0.25, 0.3) is 5.91 Å². The third-order valence-electron chi connectivity index (χ3n) is 2.96. The second-order valence-electron chi connectivity index (χ2n) is 4.46. The van der Waals surface area contributed by atoms with Crippen LogP contribution in [-0.4, -0.2) is 29.2 Å². The van der Waals surface area contributed by atoms with Crippen molar-refractivity contribution in [2.75, 3.05) is 11.9 Å². The molecule has 0 spiro atoms. The number of aliphatic hydroxyl groups excluding tert-OH is 1. The highest BCUT2D eigenvalue weighted by atomic mass is 16.5. The lowest BCUT2D eigenvalue weighted by Crippen LogP contribution is -2.32. The van der Waals surface area contributed by atoms with Crippen molar-refractivity contribution < 1.29 is 19.4 Å². The van der Waals surface area contributed by atoms with Gasteiger partial charge in [0.05, 0.1) is 13.2 Å². The SMILES string of the molecule is CCOc1ccc(NC(=O)C2=NNC(=O)CC2)cc1CO. The normalized spacial score (nSPS) is 14.2. The lowest BCUT2D eigenvalue weighted by Gasteiger charge is -2.13. The maximum Gasteiger partial charge on any atom is 0.271 e. The molecule has 0 saturated carbocycles. The molecule has 2 rings (SSSR count). The summed E-state index contributed by atoms with van der Waals surface area (Å²) in [6.45, 7) is 2.16. The van der Waals surface area contributed by atoms with Crippen LogP contribution in [0.15, 0.2) is 23.3 Å². The summed E-state index contributed by atoms with van der Waals surface area (Å²) in [7, 11) is 0.